The number of benzene rings is 1. The zero-order valence-electron chi connectivity index (χ0n) is 14.8. The van der Waals surface area contributed by atoms with Crippen molar-refractivity contribution in [1.82, 2.24) is 15.2 Å². The molecule has 0 aliphatic heterocycles. The fourth-order valence-corrected chi connectivity index (χ4v) is 2.20. The number of carbonyl (C=O) groups excluding carboxylic acids is 1. The maximum Gasteiger partial charge on any atom is 0.269 e. The summed E-state index contributed by atoms with van der Waals surface area (Å²) >= 11 is 0. The lowest BCUT2D eigenvalue weighted by Gasteiger charge is -2.11. The van der Waals surface area contributed by atoms with E-state index in [0.717, 1.165) is 17.9 Å². The van der Waals surface area contributed by atoms with Gasteiger partial charge in [-0.15, -0.1) is 0 Å². The van der Waals surface area contributed by atoms with Gasteiger partial charge in [-0.05, 0) is 49.8 Å². The van der Waals surface area contributed by atoms with E-state index in [0.29, 0.717) is 18.2 Å². The van der Waals surface area contributed by atoms with Gasteiger partial charge in [0.2, 0.25) is 0 Å². The first-order valence-corrected chi connectivity index (χ1v) is 8.21. The fraction of sp³-hybridized carbons (Fsp3) is 0.368. The van der Waals surface area contributed by atoms with Gasteiger partial charge >= 0.3 is 0 Å². The predicted molar refractivity (Wildman–Crippen MR) is 98.9 cm³/mol. The van der Waals surface area contributed by atoms with Crippen LogP contribution in [0.15, 0.2) is 42.6 Å². The van der Waals surface area contributed by atoms with E-state index in [1.165, 1.54) is 5.56 Å². The molecule has 0 atom stereocenters. The molecule has 0 spiro atoms. The Labute approximate surface area is 144 Å². The van der Waals surface area contributed by atoms with Crippen LogP contribution in [0.2, 0.25) is 0 Å². The highest BCUT2D eigenvalue weighted by Gasteiger charge is 2.07. The number of carbonyl (C=O) groups is 1. The Bertz CT molecular complexity index is 648. The van der Waals surface area contributed by atoms with E-state index in [4.69, 9.17) is 0 Å². The molecule has 2 N–H and O–H groups in total. The third-order valence-electron chi connectivity index (χ3n) is 3.71. The van der Waals surface area contributed by atoms with Gasteiger partial charge in [0, 0.05) is 18.8 Å². The van der Waals surface area contributed by atoms with Crippen molar-refractivity contribution in [2.24, 2.45) is 0 Å². The summed E-state index contributed by atoms with van der Waals surface area (Å²) in [7, 11) is 3.94. The van der Waals surface area contributed by atoms with Gasteiger partial charge in [0.15, 0.2) is 0 Å². The first kappa shape index (κ1) is 17.9. The van der Waals surface area contributed by atoms with Crippen molar-refractivity contribution in [1.29, 1.82) is 0 Å². The molecule has 1 aromatic carbocycles. The van der Waals surface area contributed by atoms with Crippen LogP contribution in [0.4, 0.5) is 11.4 Å². The number of hydrogen-bond acceptors (Lipinski definition) is 4. The standard InChI is InChI=1S/C19H26N4O/c1-14(2)15-5-7-16(8-6-15)22-17-9-10-18(21-13-17)19(24)20-11-12-23(3)4/h5-10,13-14,22H,11-12H2,1-4H3,(H,20,24). The zero-order valence-corrected chi connectivity index (χ0v) is 14.8. The third kappa shape index (κ3) is 5.35. The van der Waals surface area contributed by atoms with E-state index in [9.17, 15) is 4.79 Å². The van der Waals surface area contributed by atoms with Crippen molar-refractivity contribution in [2.45, 2.75) is 19.8 Å². The second-order valence-electron chi connectivity index (χ2n) is 6.39. The van der Waals surface area contributed by atoms with Gasteiger partial charge in [0.05, 0.1) is 11.9 Å². The Morgan fingerprint density at radius 2 is 1.75 bits per heavy atom. The maximum atomic E-state index is 12.0. The Morgan fingerprint density at radius 3 is 2.29 bits per heavy atom. The molecule has 0 unspecified atom stereocenters. The number of anilines is 2. The molecule has 1 amide bonds. The maximum absolute atomic E-state index is 12.0. The van der Waals surface area contributed by atoms with Crippen LogP contribution in [0.3, 0.4) is 0 Å². The third-order valence-corrected chi connectivity index (χ3v) is 3.71. The zero-order chi connectivity index (χ0) is 17.5. The summed E-state index contributed by atoms with van der Waals surface area (Å²) in [6, 6.07) is 11.9. The Kier molecular flexibility index (Phi) is 6.32. The first-order valence-electron chi connectivity index (χ1n) is 8.21. The van der Waals surface area contributed by atoms with E-state index in [-0.39, 0.29) is 5.91 Å². The number of nitrogens with one attached hydrogen (secondary N) is 2. The Balaban J connectivity index is 1.92. The van der Waals surface area contributed by atoms with E-state index >= 15 is 0 Å². The van der Waals surface area contributed by atoms with Crippen molar-refractivity contribution >= 4 is 17.3 Å². The van der Waals surface area contributed by atoms with E-state index in [1.807, 2.05) is 25.1 Å². The number of hydrogen-bond donors (Lipinski definition) is 2. The summed E-state index contributed by atoms with van der Waals surface area (Å²) in [5.74, 6) is 0.371. The van der Waals surface area contributed by atoms with Gasteiger partial charge in [-0.1, -0.05) is 26.0 Å². The quantitative estimate of drug-likeness (QED) is 0.820. The molecular weight excluding hydrogens is 300 g/mol. The molecule has 5 nitrogen and oxygen atoms in total. The highest BCUT2D eigenvalue weighted by Crippen LogP contribution is 2.20. The van der Waals surface area contributed by atoms with Crippen molar-refractivity contribution in [2.75, 3.05) is 32.5 Å². The number of rotatable bonds is 7. The summed E-state index contributed by atoms with van der Waals surface area (Å²) in [6.07, 6.45) is 1.68. The van der Waals surface area contributed by atoms with Crippen molar-refractivity contribution in [3.8, 4) is 0 Å². The molecule has 0 fully saturated rings. The molecule has 0 radical (unpaired) electrons. The Hall–Kier alpha value is -2.40. The second-order valence-corrected chi connectivity index (χ2v) is 6.39. The van der Waals surface area contributed by atoms with Crippen LogP contribution in [0, 0.1) is 0 Å². The minimum atomic E-state index is -0.148. The molecule has 0 bridgehead atoms. The smallest absolute Gasteiger partial charge is 0.269 e. The topological polar surface area (TPSA) is 57.3 Å². The average molecular weight is 326 g/mol. The molecule has 0 saturated carbocycles. The average Bonchev–Trinajstić information content (AvgIpc) is 2.55. The number of aromatic nitrogens is 1. The van der Waals surface area contributed by atoms with Crippen LogP contribution in [0.25, 0.3) is 0 Å². The SMILES string of the molecule is CC(C)c1ccc(Nc2ccc(C(=O)NCCN(C)C)nc2)cc1. The minimum Gasteiger partial charge on any atom is -0.354 e. The fourth-order valence-electron chi connectivity index (χ4n) is 2.20. The Morgan fingerprint density at radius 1 is 1.08 bits per heavy atom. The first-order chi connectivity index (χ1) is 11.5. The molecule has 0 aliphatic rings. The van der Waals surface area contributed by atoms with Gasteiger partial charge < -0.3 is 15.5 Å². The predicted octanol–water partition coefficient (Wildman–Crippen LogP) is 3.24. The van der Waals surface area contributed by atoms with Crippen molar-refractivity contribution in [3.63, 3.8) is 0 Å². The lowest BCUT2D eigenvalue weighted by molar-refractivity contribution is 0.0946. The lowest BCUT2D eigenvalue weighted by atomic mass is 10.0. The van der Waals surface area contributed by atoms with Gasteiger partial charge in [-0.2, -0.15) is 0 Å². The highest BCUT2D eigenvalue weighted by atomic mass is 16.1. The van der Waals surface area contributed by atoms with Crippen LogP contribution in [0.5, 0.6) is 0 Å². The summed E-state index contributed by atoms with van der Waals surface area (Å²) < 4.78 is 0. The molecule has 0 saturated heterocycles. The van der Waals surface area contributed by atoms with Gasteiger partial charge in [0.25, 0.3) is 5.91 Å². The molecule has 2 rings (SSSR count). The monoisotopic (exact) mass is 326 g/mol. The molecule has 5 heteroatoms. The molecule has 24 heavy (non-hydrogen) atoms. The summed E-state index contributed by atoms with van der Waals surface area (Å²) in [5, 5.41) is 6.15. The summed E-state index contributed by atoms with van der Waals surface area (Å²) in [4.78, 5) is 18.2. The number of amides is 1. The van der Waals surface area contributed by atoms with Crippen molar-refractivity contribution in [3.05, 3.63) is 53.9 Å². The molecule has 1 heterocycles. The number of pyridine rings is 1. The number of nitrogens with zero attached hydrogens (tertiary/aromatic N) is 2. The molecular formula is C19H26N4O. The second kappa shape index (κ2) is 8.45. The van der Waals surface area contributed by atoms with Crippen LogP contribution < -0.4 is 10.6 Å². The minimum absolute atomic E-state index is 0.148. The lowest BCUT2D eigenvalue weighted by Crippen LogP contribution is -2.31. The largest absolute Gasteiger partial charge is 0.354 e. The summed E-state index contributed by atoms with van der Waals surface area (Å²) in [5.41, 5.74) is 3.60. The van der Waals surface area contributed by atoms with Gasteiger partial charge in [-0.3, -0.25) is 4.79 Å². The van der Waals surface area contributed by atoms with E-state index in [1.54, 1.807) is 12.3 Å². The molecule has 128 valence electrons. The van der Waals surface area contributed by atoms with Crippen LogP contribution in [0.1, 0.15) is 35.8 Å². The van der Waals surface area contributed by atoms with Crippen LogP contribution in [-0.2, 0) is 0 Å². The molecule has 2 aromatic rings. The van der Waals surface area contributed by atoms with Crippen LogP contribution in [-0.4, -0.2) is 43.0 Å². The highest BCUT2D eigenvalue weighted by molar-refractivity contribution is 5.92. The van der Waals surface area contributed by atoms with Crippen LogP contribution >= 0.6 is 0 Å². The van der Waals surface area contributed by atoms with E-state index < -0.39 is 0 Å². The summed E-state index contributed by atoms with van der Waals surface area (Å²) in [6.45, 7) is 5.76. The normalized spacial score (nSPS) is 10.9. The molecule has 1 aromatic heterocycles. The molecule has 0 aliphatic carbocycles. The number of likely N-dealkylation sites (N-methyl/N-ethyl adjacent to an activating group) is 1. The van der Waals surface area contributed by atoms with Gasteiger partial charge in [0.1, 0.15) is 5.69 Å². The van der Waals surface area contributed by atoms with E-state index in [2.05, 4.69) is 53.7 Å². The van der Waals surface area contributed by atoms with Gasteiger partial charge in [-0.25, -0.2) is 4.98 Å². The van der Waals surface area contributed by atoms with Crippen molar-refractivity contribution < 1.29 is 4.79 Å².